The predicted molar refractivity (Wildman–Crippen MR) is 38.2 cm³/mol. The van der Waals surface area contributed by atoms with E-state index in [1.807, 2.05) is 0 Å². The van der Waals surface area contributed by atoms with Crippen LogP contribution in [-0.2, 0) is 10.1 Å². The van der Waals surface area contributed by atoms with E-state index in [2.05, 4.69) is 10.8 Å². The number of rotatable bonds is 2. The van der Waals surface area contributed by atoms with Gasteiger partial charge in [-0.1, -0.05) is 6.08 Å². The van der Waals surface area contributed by atoms with Crippen molar-refractivity contribution in [3.05, 3.63) is 12.7 Å². The van der Waals surface area contributed by atoms with Crippen LogP contribution in [0.4, 0.5) is 0 Å². The molecule has 1 N–H and O–H groups in total. The Kier molecular flexibility index (Phi) is 9.27. The first-order chi connectivity index (χ1) is 4.06. The van der Waals surface area contributed by atoms with Crippen LogP contribution in [0.2, 0.25) is 4.17 Å². The zero-order chi connectivity index (χ0) is 7.91. The minimum absolute atomic E-state index is 0.368. The Bertz CT molecular complexity index is 149. The molecule has 50 valence electrons. The summed E-state index contributed by atoms with van der Waals surface area (Å²) in [6, 6.07) is 0. The average Bonchev–Trinajstić information content (AvgIpc) is 1.69. The molecule has 0 bridgehead atoms. The Morgan fingerprint density at radius 2 is 2.00 bits per heavy atom. The van der Waals surface area contributed by atoms with E-state index in [1.54, 1.807) is 0 Å². The van der Waals surface area contributed by atoms with Gasteiger partial charge in [-0.2, -0.15) is 8.42 Å². The fourth-order valence-corrected chi connectivity index (χ4v) is 0.447. The minimum atomic E-state index is -3.79. The topological polar surface area (TPSA) is 54.4 Å². The zero-order valence-corrected chi connectivity index (χ0v) is 8.48. The van der Waals surface area contributed by atoms with E-state index in [1.165, 1.54) is 27.9 Å². The van der Waals surface area contributed by atoms with Gasteiger partial charge in [-0.05, 0) is 0 Å². The summed E-state index contributed by atoms with van der Waals surface area (Å²) in [7, 11) is -3.79. The third kappa shape index (κ3) is 17.7. The SMILES string of the molecule is C=CCS(=O)(=O)O.[CH3][Na]. The summed E-state index contributed by atoms with van der Waals surface area (Å²) in [6.45, 7) is 3.11. The van der Waals surface area contributed by atoms with Gasteiger partial charge in [0.15, 0.2) is 0 Å². The molecule has 0 atom stereocenters. The molecule has 0 aromatic rings. The monoisotopic (exact) mass is 160 g/mol. The zero-order valence-electron chi connectivity index (χ0n) is 5.66. The van der Waals surface area contributed by atoms with Crippen LogP contribution in [0.5, 0.6) is 0 Å². The molecule has 0 saturated heterocycles. The molecule has 0 unspecified atom stereocenters. The first-order valence-corrected chi connectivity index (χ1v) is 6.23. The van der Waals surface area contributed by atoms with Crippen molar-refractivity contribution in [3.8, 4) is 0 Å². The summed E-state index contributed by atoms with van der Waals surface area (Å²) in [5.41, 5.74) is 0. The molecule has 0 aliphatic rings. The van der Waals surface area contributed by atoms with E-state index in [9.17, 15) is 8.42 Å². The molecular formula is C4H9NaO3S. The second kappa shape index (κ2) is 6.77. The van der Waals surface area contributed by atoms with Gasteiger partial charge in [0.05, 0.1) is 5.75 Å². The van der Waals surface area contributed by atoms with Gasteiger partial charge < -0.3 is 0 Å². The average molecular weight is 160 g/mol. The van der Waals surface area contributed by atoms with Crippen LogP contribution < -0.4 is 0 Å². The van der Waals surface area contributed by atoms with Gasteiger partial charge in [-0.25, -0.2) is 0 Å². The molecule has 0 heterocycles. The molecular weight excluding hydrogens is 151 g/mol. The normalized spacial score (nSPS) is 9.33. The van der Waals surface area contributed by atoms with E-state index < -0.39 is 10.1 Å². The number of hydrogen-bond acceptors (Lipinski definition) is 2. The third-order valence-corrected chi connectivity index (χ3v) is 0.985. The molecule has 0 aliphatic heterocycles. The molecule has 3 nitrogen and oxygen atoms in total. The maximum atomic E-state index is 9.72. The Labute approximate surface area is 73.3 Å². The van der Waals surface area contributed by atoms with E-state index >= 15 is 0 Å². The van der Waals surface area contributed by atoms with Crippen LogP contribution in [0.25, 0.3) is 0 Å². The first kappa shape index (κ1) is 12.3. The summed E-state index contributed by atoms with van der Waals surface area (Å²) in [5, 5.41) is 0. The van der Waals surface area contributed by atoms with Crippen molar-refractivity contribution in [2.75, 3.05) is 5.75 Å². The fraction of sp³-hybridized carbons (Fsp3) is 0.500. The van der Waals surface area contributed by atoms with Crippen molar-refractivity contribution in [1.82, 2.24) is 0 Å². The van der Waals surface area contributed by atoms with Crippen molar-refractivity contribution >= 4 is 38.0 Å². The number of hydrogen-bond donors (Lipinski definition) is 1. The van der Waals surface area contributed by atoms with E-state index in [-0.39, 0.29) is 5.75 Å². The Balaban J connectivity index is 0. The standard InChI is InChI=1S/C3H6O3S.CH3.Na/c1-2-3-7(4,5)6;;/h2H,1,3H2,(H,4,5,6);1H3;. The van der Waals surface area contributed by atoms with Gasteiger partial charge in [0.2, 0.25) is 0 Å². The molecule has 5 heteroatoms. The molecule has 0 rings (SSSR count). The summed E-state index contributed by atoms with van der Waals surface area (Å²) >= 11 is 1.31. The first-order valence-electron chi connectivity index (χ1n) is 2.62. The third-order valence-electron chi connectivity index (χ3n) is 0.328. The molecule has 0 aromatic heterocycles. The van der Waals surface area contributed by atoms with E-state index in [0.717, 1.165) is 6.08 Å². The van der Waals surface area contributed by atoms with Crippen LogP contribution >= 0.6 is 0 Å². The fourth-order valence-electron chi connectivity index (χ4n) is 0.149. The van der Waals surface area contributed by atoms with Gasteiger partial charge in [0, 0.05) is 0 Å². The molecule has 0 radical (unpaired) electrons. The van der Waals surface area contributed by atoms with Crippen molar-refractivity contribution in [3.63, 3.8) is 0 Å². The van der Waals surface area contributed by atoms with Crippen molar-refractivity contribution < 1.29 is 13.0 Å². The Morgan fingerprint density at radius 3 is 2.00 bits per heavy atom. The van der Waals surface area contributed by atoms with Gasteiger partial charge in [-0.3, -0.25) is 4.55 Å². The second-order valence-electron chi connectivity index (χ2n) is 1.04. The van der Waals surface area contributed by atoms with E-state index in [4.69, 9.17) is 4.55 Å². The van der Waals surface area contributed by atoms with Crippen LogP contribution in [0.3, 0.4) is 0 Å². The van der Waals surface area contributed by atoms with Gasteiger partial charge in [-0.15, -0.1) is 6.58 Å². The summed E-state index contributed by atoms with van der Waals surface area (Å²) in [6.07, 6.45) is 1.12. The molecule has 0 saturated carbocycles. The van der Waals surface area contributed by atoms with Crippen LogP contribution in [-0.4, -0.2) is 46.7 Å². The molecule has 9 heavy (non-hydrogen) atoms. The van der Waals surface area contributed by atoms with E-state index in [0.29, 0.717) is 0 Å². The molecule has 0 fully saturated rings. The summed E-state index contributed by atoms with van der Waals surface area (Å²) < 4.78 is 29.5. The van der Waals surface area contributed by atoms with Crippen LogP contribution in [0, 0.1) is 0 Å². The second-order valence-corrected chi connectivity index (χ2v) is 2.53. The molecule has 0 spiro atoms. The summed E-state index contributed by atoms with van der Waals surface area (Å²) in [4.78, 5) is 0. The van der Waals surface area contributed by atoms with Crippen molar-refractivity contribution in [1.29, 1.82) is 0 Å². The van der Waals surface area contributed by atoms with Gasteiger partial charge in [0.25, 0.3) is 10.1 Å². The van der Waals surface area contributed by atoms with Crippen molar-refractivity contribution in [2.45, 2.75) is 4.17 Å². The Morgan fingerprint density at radius 1 is 1.67 bits per heavy atom. The van der Waals surface area contributed by atoms with Crippen LogP contribution in [0.15, 0.2) is 12.7 Å². The molecule has 0 aliphatic carbocycles. The summed E-state index contributed by atoms with van der Waals surface area (Å²) in [5.74, 6) is -0.368. The molecule has 0 amide bonds. The maximum absolute atomic E-state index is 9.72. The predicted octanol–water partition coefficient (Wildman–Crippen LogP) is 0.263. The van der Waals surface area contributed by atoms with Gasteiger partial charge in [0.1, 0.15) is 0 Å². The Hall–Kier alpha value is 0.650. The van der Waals surface area contributed by atoms with Gasteiger partial charge >= 0.3 is 32.1 Å². The van der Waals surface area contributed by atoms with Crippen LogP contribution in [0.1, 0.15) is 0 Å². The quantitative estimate of drug-likeness (QED) is 0.358. The van der Waals surface area contributed by atoms with Crippen molar-refractivity contribution in [2.24, 2.45) is 0 Å². The molecule has 0 aromatic carbocycles.